The molecule has 0 bridgehead atoms. The summed E-state index contributed by atoms with van der Waals surface area (Å²) in [5.74, 6) is 0. The van der Waals surface area contributed by atoms with Crippen LogP contribution < -0.4 is 5.32 Å². The molecule has 124 valence electrons. The summed E-state index contributed by atoms with van der Waals surface area (Å²) in [5.41, 5.74) is 4.43. The molecule has 0 saturated carbocycles. The normalized spacial score (nSPS) is 10.9. The van der Waals surface area contributed by atoms with E-state index in [0.29, 0.717) is 0 Å². The van der Waals surface area contributed by atoms with E-state index in [9.17, 15) is 0 Å². The van der Waals surface area contributed by atoms with E-state index in [0.717, 1.165) is 43.1 Å². The summed E-state index contributed by atoms with van der Waals surface area (Å²) in [6.45, 7) is 2.50. The van der Waals surface area contributed by atoms with Crippen LogP contribution in [0.4, 0.5) is 0 Å². The van der Waals surface area contributed by atoms with Gasteiger partial charge in [-0.15, -0.1) is 0 Å². The molecular formula is C20H23N3O. The Labute approximate surface area is 143 Å². The first kappa shape index (κ1) is 16.4. The Kier molecular flexibility index (Phi) is 5.77. The molecule has 1 N–H and O–H groups in total. The van der Waals surface area contributed by atoms with Crippen molar-refractivity contribution in [3.8, 4) is 16.9 Å². The van der Waals surface area contributed by atoms with Gasteiger partial charge in [0.05, 0.1) is 11.4 Å². The molecule has 1 heterocycles. The van der Waals surface area contributed by atoms with Crippen LogP contribution in [-0.2, 0) is 11.3 Å². The third-order valence-corrected chi connectivity index (χ3v) is 3.88. The number of methoxy groups -OCH3 is 1. The first-order valence-corrected chi connectivity index (χ1v) is 8.27. The smallest absolute Gasteiger partial charge is 0.0972 e. The Morgan fingerprint density at radius 2 is 1.71 bits per heavy atom. The van der Waals surface area contributed by atoms with Gasteiger partial charge in [-0.3, -0.25) is 0 Å². The fourth-order valence-electron chi connectivity index (χ4n) is 2.66. The fourth-order valence-corrected chi connectivity index (χ4v) is 2.66. The molecule has 0 amide bonds. The van der Waals surface area contributed by atoms with Gasteiger partial charge in [0.1, 0.15) is 0 Å². The van der Waals surface area contributed by atoms with E-state index in [1.54, 1.807) is 7.11 Å². The molecule has 2 aromatic carbocycles. The molecule has 0 fully saturated rings. The average Bonchev–Trinajstić information content (AvgIpc) is 3.07. The number of benzene rings is 2. The Morgan fingerprint density at radius 3 is 2.42 bits per heavy atom. The molecule has 0 unspecified atom stereocenters. The van der Waals surface area contributed by atoms with Crippen molar-refractivity contribution in [3.05, 3.63) is 72.4 Å². The van der Waals surface area contributed by atoms with E-state index in [-0.39, 0.29) is 0 Å². The molecular weight excluding hydrogens is 298 g/mol. The highest BCUT2D eigenvalue weighted by molar-refractivity contribution is 5.63. The van der Waals surface area contributed by atoms with Crippen LogP contribution >= 0.6 is 0 Å². The summed E-state index contributed by atoms with van der Waals surface area (Å²) in [5, 5.41) is 8.30. The maximum absolute atomic E-state index is 5.09. The molecule has 0 atom stereocenters. The Morgan fingerprint density at radius 1 is 1.00 bits per heavy atom. The Balaban J connectivity index is 1.83. The first-order chi connectivity index (χ1) is 11.9. The summed E-state index contributed by atoms with van der Waals surface area (Å²) in [7, 11) is 1.73. The van der Waals surface area contributed by atoms with Gasteiger partial charge >= 0.3 is 0 Å². The minimum Gasteiger partial charge on any atom is -0.385 e. The summed E-state index contributed by atoms with van der Waals surface area (Å²) in [4.78, 5) is 0. The van der Waals surface area contributed by atoms with Gasteiger partial charge in [-0.1, -0.05) is 48.5 Å². The number of hydrogen-bond donors (Lipinski definition) is 1. The second-order valence-electron chi connectivity index (χ2n) is 5.67. The molecule has 0 saturated heterocycles. The van der Waals surface area contributed by atoms with Crippen molar-refractivity contribution in [3.63, 3.8) is 0 Å². The highest BCUT2D eigenvalue weighted by Gasteiger charge is 2.11. The van der Waals surface area contributed by atoms with Crippen molar-refractivity contribution in [1.82, 2.24) is 15.1 Å². The monoisotopic (exact) mass is 321 g/mol. The molecule has 24 heavy (non-hydrogen) atoms. The number of hydrogen-bond acceptors (Lipinski definition) is 3. The van der Waals surface area contributed by atoms with Gasteiger partial charge in [0.2, 0.25) is 0 Å². The van der Waals surface area contributed by atoms with Crippen LogP contribution in [0.2, 0.25) is 0 Å². The number of nitrogens with one attached hydrogen (secondary N) is 1. The zero-order valence-corrected chi connectivity index (χ0v) is 14.0. The quantitative estimate of drug-likeness (QED) is 0.644. The van der Waals surface area contributed by atoms with Crippen molar-refractivity contribution in [2.45, 2.75) is 13.0 Å². The minimum atomic E-state index is 0.780. The number of rotatable bonds is 8. The summed E-state index contributed by atoms with van der Waals surface area (Å²) in [6, 6.07) is 20.5. The summed E-state index contributed by atoms with van der Waals surface area (Å²) >= 11 is 0. The second-order valence-corrected chi connectivity index (χ2v) is 5.67. The predicted molar refractivity (Wildman–Crippen MR) is 97.2 cm³/mol. The number of nitrogens with zero attached hydrogens (tertiary/aromatic N) is 2. The van der Waals surface area contributed by atoms with Gasteiger partial charge in [-0.2, -0.15) is 5.10 Å². The average molecular weight is 321 g/mol. The lowest BCUT2D eigenvalue weighted by molar-refractivity contribution is 0.194. The molecule has 0 aliphatic heterocycles. The molecule has 0 radical (unpaired) electrons. The first-order valence-electron chi connectivity index (χ1n) is 8.27. The van der Waals surface area contributed by atoms with E-state index in [2.05, 4.69) is 35.8 Å². The molecule has 4 heteroatoms. The predicted octanol–water partition coefficient (Wildman–Crippen LogP) is 3.67. The van der Waals surface area contributed by atoms with E-state index in [1.165, 1.54) is 5.56 Å². The van der Waals surface area contributed by atoms with Gasteiger partial charge in [-0.05, 0) is 25.1 Å². The van der Waals surface area contributed by atoms with Crippen molar-refractivity contribution in [1.29, 1.82) is 0 Å². The lowest BCUT2D eigenvalue weighted by Gasteiger charge is -2.05. The lowest BCUT2D eigenvalue weighted by Crippen LogP contribution is -2.16. The summed E-state index contributed by atoms with van der Waals surface area (Å²) in [6.07, 6.45) is 3.12. The van der Waals surface area contributed by atoms with Crippen molar-refractivity contribution in [2.24, 2.45) is 0 Å². The molecule has 1 aromatic heterocycles. The fraction of sp³-hybridized carbons (Fsp3) is 0.250. The van der Waals surface area contributed by atoms with Gasteiger partial charge in [0.15, 0.2) is 0 Å². The van der Waals surface area contributed by atoms with Crippen LogP contribution in [0.15, 0.2) is 66.9 Å². The van der Waals surface area contributed by atoms with E-state index >= 15 is 0 Å². The van der Waals surface area contributed by atoms with Crippen LogP contribution in [0.3, 0.4) is 0 Å². The number of ether oxygens (including phenoxy) is 1. The molecule has 3 aromatic rings. The van der Waals surface area contributed by atoms with Crippen LogP contribution in [0, 0.1) is 0 Å². The maximum atomic E-state index is 5.09. The Hall–Kier alpha value is -2.43. The third kappa shape index (κ3) is 4.10. The second kappa shape index (κ2) is 8.43. The topological polar surface area (TPSA) is 39.1 Å². The Bertz CT molecular complexity index is 738. The van der Waals surface area contributed by atoms with Crippen LogP contribution in [0.1, 0.15) is 12.0 Å². The van der Waals surface area contributed by atoms with Crippen LogP contribution in [0.5, 0.6) is 0 Å². The van der Waals surface area contributed by atoms with E-state index in [4.69, 9.17) is 9.84 Å². The highest BCUT2D eigenvalue weighted by Crippen LogP contribution is 2.23. The zero-order valence-electron chi connectivity index (χ0n) is 14.0. The summed E-state index contributed by atoms with van der Waals surface area (Å²) < 4.78 is 7.05. The standard InChI is InChI=1S/C20H23N3O/c1-24-14-8-13-21-15-18-16-23(19-11-6-3-7-12-19)22-20(18)17-9-4-2-5-10-17/h2-7,9-12,16,21H,8,13-15H2,1H3. The molecule has 0 aliphatic rings. The zero-order chi connectivity index (χ0) is 16.6. The van der Waals surface area contributed by atoms with Crippen molar-refractivity contribution >= 4 is 0 Å². The van der Waals surface area contributed by atoms with Crippen LogP contribution in [-0.4, -0.2) is 30.0 Å². The van der Waals surface area contributed by atoms with Gasteiger partial charge in [-0.25, -0.2) is 4.68 Å². The number of para-hydroxylation sites is 1. The van der Waals surface area contributed by atoms with Crippen molar-refractivity contribution < 1.29 is 4.74 Å². The molecule has 0 spiro atoms. The largest absolute Gasteiger partial charge is 0.385 e. The molecule has 3 rings (SSSR count). The van der Waals surface area contributed by atoms with Gasteiger partial charge < -0.3 is 10.1 Å². The van der Waals surface area contributed by atoms with E-state index < -0.39 is 0 Å². The highest BCUT2D eigenvalue weighted by atomic mass is 16.5. The van der Waals surface area contributed by atoms with Crippen LogP contribution in [0.25, 0.3) is 16.9 Å². The SMILES string of the molecule is COCCCNCc1cn(-c2ccccc2)nc1-c1ccccc1. The lowest BCUT2D eigenvalue weighted by atomic mass is 10.1. The third-order valence-electron chi connectivity index (χ3n) is 3.88. The molecule has 0 aliphatic carbocycles. The van der Waals surface area contributed by atoms with Gasteiger partial charge in [0, 0.05) is 37.6 Å². The maximum Gasteiger partial charge on any atom is 0.0972 e. The number of aromatic nitrogens is 2. The van der Waals surface area contributed by atoms with E-state index in [1.807, 2.05) is 41.1 Å². The van der Waals surface area contributed by atoms with Gasteiger partial charge in [0.25, 0.3) is 0 Å². The molecule has 4 nitrogen and oxygen atoms in total. The minimum absolute atomic E-state index is 0.780. The van der Waals surface area contributed by atoms with Crippen molar-refractivity contribution in [2.75, 3.05) is 20.3 Å².